The number of aromatic nitrogens is 4. The molecule has 0 saturated heterocycles. The van der Waals surface area contributed by atoms with Crippen LogP contribution in [0.1, 0.15) is 11.1 Å². The number of ether oxygens (including phenoxy) is 1. The first-order valence-electron chi connectivity index (χ1n) is 8.30. The molecule has 0 fully saturated rings. The second-order valence-electron chi connectivity index (χ2n) is 6.11. The predicted molar refractivity (Wildman–Crippen MR) is 99.7 cm³/mol. The van der Waals surface area contributed by atoms with E-state index in [0.717, 1.165) is 11.5 Å². The number of benzene rings is 2. The standard InChI is InChI=1S/C18H13ClF3N5O2/c1-28-14-3-2-11(6-12(14)18(20,21)22)23-8-10-4-9-5-16(17-24-26-27-25-17)29-15(9)7-13(10)19/h2-7,23H,8H2,1H3,(H,24,25,26,27). The van der Waals surface area contributed by atoms with Crippen LogP contribution in [-0.4, -0.2) is 27.7 Å². The van der Waals surface area contributed by atoms with Gasteiger partial charge >= 0.3 is 6.18 Å². The molecule has 0 aliphatic heterocycles. The number of anilines is 1. The highest BCUT2D eigenvalue weighted by Gasteiger charge is 2.34. The number of nitrogens with zero attached hydrogens (tertiary/aromatic N) is 3. The molecule has 4 aromatic rings. The van der Waals surface area contributed by atoms with Crippen molar-refractivity contribution >= 4 is 28.3 Å². The highest BCUT2D eigenvalue weighted by Crippen LogP contribution is 2.38. The van der Waals surface area contributed by atoms with Gasteiger partial charge in [-0.05, 0) is 46.3 Å². The summed E-state index contributed by atoms with van der Waals surface area (Å²) in [6.45, 7) is 0.211. The van der Waals surface area contributed by atoms with E-state index >= 15 is 0 Å². The van der Waals surface area contributed by atoms with Gasteiger partial charge in [-0.2, -0.15) is 13.2 Å². The van der Waals surface area contributed by atoms with E-state index in [0.29, 0.717) is 27.8 Å². The second-order valence-corrected chi connectivity index (χ2v) is 6.52. The molecule has 0 spiro atoms. The molecular formula is C18H13ClF3N5O2. The van der Waals surface area contributed by atoms with Crippen molar-refractivity contribution in [3.8, 4) is 17.3 Å². The highest BCUT2D eigenvalue weighted by atomic mass is 35.5. The summed E-state index contributed by atoms with van der Waals surface area (Å²) in [6, 6.07) is 8.94. The molecule has 11 heteroatoms. The molecule has 0 atom stereocenters. The number of alkyl halides is 3. The van der Waals surface area contributed by atoms with E-state index in [1.807, 2.05) is 0 Å². The normalized spacial score (nSPS) is 11.8. The van der Waals surface area contributed by atoms with E-state index in [4.69, 9.17) is 20.8 Å². The molecule has 0 amide bonds. The van der Waals surface area contributed by atoms with E-state index < -0.39 is 11.7 Å². The Bertz CT molecular complexity index is 1160. The van der Waals surface area contributed by atoms with Crippen molar-refractivity contribution in [2.45, 2.75) is 12.7 Å². The van der Waals surface area contributed by atoms with E-state index in [1.165, 1.54) is 19.2 Å². The lowest BCUT2D eigenvalue weighted by molar-refractivity contribution is -0.138. The Balaban J connectivity index is 1.59. The number of tetrazole rings is 1. The minimum atomic E-state index is -4.53. The average molecular weight is 424 g/mol. The molecule has 2 aromatic heterocycles. The Morgan fingerprint density at radius 2 is 2.03 bits per heavy atom. The molecule has 0 unspecified atom stereocenters. The quantitative estimate of drug-likeness (QED) is 0.474. The van der Waals surface area contributed by atoms with Crippen molar-refractivity contribution in [3.05, 3.63) is 52.5 Å². The van der Waals surface area contributed by atoms with Gasteiger partial charge in [0.05, 0.1) is 12.7 Å². The molecule has 2 N–H and O–H groups in total. The largest absolute Gasteiger partial charge is 0.496 e. The Labute approximate surface area is 166 Å². The number of nitrogens with one attached hydrogen (secondary N) is 2. The number of furan rings is 1. The molecular weight excluding hydrogens is 411 g/mol. The van der Waals surface area contributed by atoms with Crippen molar-refractivity contribution < 1.29 is 22.3 Å². The number of hydrogen-bond acceptors (Lipinski definition) is 6. The third-order valence-corrected chi connectivity index (χ3v) is 4.60. The molecule has 0 bridgehead atoms. The van der Waals surface area contributed by atoms with Crippen LogP contribution in [0.5, 0.6) is 5.75 Å². The molecule has 0 saturated carbocycles. The first kappa shape index (κ1) is 19.1. The molecule has 7 nitrogen and oxygen atoms in total. The SMILES string of the molecule is COc1ccc(NCc2cc3cc(-c4nnn[nH]4)oc3cc2Cl)cc1C(F)(F)F. The summed E-state index contributed by atoms with van der Waals surface area (Å²) in [4.78, 5) is 0. The van der Waals surface area contributed by atoms with Gasteiger partial charge in [-0.25, -0.2) is 5.10 Å². The lowest BCUT2D eigenvalue weighted by atomic mass is 10.1. The monoisotopic (exact) mass is 423 g/mol. The van der Waals surface area contributed by atoms with E-state index in [2.05, 4.69) is 25.9 Å². The molecule has 150 valence electrons. The van der Waals surface area contributed by atoms with E-state index in [1.54, 1.807) is 18.2 Å². The van der Waals surface area contributed by atoms with Crippen molar-refractivity contribution in [2.75, 3.05) is 12.4 Å². The highest BCUT2D eigenvalue weighted by molar-refractivity contribution is 6.32. The Kier molecular flexibility index (Phi) is 4.79. The van der Waals surface area contributed by atoms with Crippen LogP contribution in [0.25, 0.3) is 22.6 Å². The summed E-state index contributed by atoms with van der Waals surface area (Å²) in [5.74, 6) is 0.571. The molecule has 0 aliphatic rings. The molecule has 4 rings (SSSR count). The van der Waals surface area contributed by atoms with Crippen LogP contribution in [0.15, 0.2) is 40.8 Å². The minimum absolute atomic E-state index is 0.211. The zero-order chi connectivity index (χ0) is 20.6. The minimum Gasteiger partial charge on any atom is -0.496 e. The van der Waals surface area contributed by atoms with Crippen molar-refractivity contribution in [1.29, 1.82) is 0 Å². The number of aromatic amines is 1. The van der Waals surface area contributed by atoms with Gasteiger partial charge in [0.1, 0.15) is 11.3 Å². The zero-order valence-corrected chi connectivity index (χ0v) is 15.6. The van der Waals surface area contributed by atoms with Crippen LogP contribution in [0.2, 0.25) is 5.02 Å². The van der Waals surface area contributed by atoms with Gasteiger partial charge in [0.15, 0.2) is 5.76 Å². The number of H-pyrrole nitrogens is 1. The van der Waals surface area contributed by atoms with Crippen molar-refractivity contribution in [1.82, 2.24) is 20.6 Å². The summed E-state index contributed by atoms with van der Waals surface area (Å²) in [5.41, 5.74) is 0.655. The topological polar surface area (TPSA) is 88.9 Å². The maximum Gasteiger partial charge on any atom is 0.420 e. The predicted octanol–water partition coefficient (Wildman–Crippen LogP) is 4.91. The van der Waals surface area contributed by atoms with Crippen LogP contribution >= 0.6 is 11.6 Å². The molecule has 2 heterocycles. The Morgan fingerprint density at radius 1 is 1.21 bits per heavy atom. The van der Waals surface area contributed by atoms with E-state index in [9.17, 15) is 13.2 Å². The summed E-state index contributed by atoms with van der Waals surface area (Å²) >= 11 is 6.31. The number of fused-ring (bicyclic) bond motifs is 1. The fourth-order valence-electron chi connectivity index (χ4n) is 2.86. The lowest BCUT2D eigenvalue weighted by Gasteiger charge is -2.15. The van der Waals surface area contributed by atoms with Crippen molar-refractivity contribution in [2.24, 2.45) is 0 Å². The second kappa shape index (κ2) is 7.28. The third-order valence-electron chi connectivity index (χ3n) is 4.25. The zero-order valence-electron chi connectivity index (χ0n) is 14.8. The van der Waals surface area contributed by atoms with Crippen LogP contribution < -0.4 is 10.1 Å². The van der Waals surface area contributed by atoms with Crippen LogP contribution in [0, 0.1) is 0 Å². The fourth-order valence-corrected chi connectivity index (χ4v) is 3.08. The first-order valence-corrected chi connectivity index (χ1v) is 8.68. The van der Waals surface area contributed by atoms with Gasteiger partial charge in [-0.3, -0.25) is 0 Å². The fraction of sp³-hybridized carbons (Fsp3) is 0.167. The summed E-state index contributed by atoms with van der Waals surface area (Å²) < 4.78 is 50.0. The number of rotatable bonds is 5. The maximum atomic E-state index is 13.2. The Hall–Kier alpha value is -3.27. The van der Waals surface area contributed by atoms with Gasteiger partial charge < -0.3 is 14.5 Å². The molecule has 0 radical (unpaired) electrons. The summed E-state index contributed by atoms with van der Waals surface area (Å²) in [5, 5.41) is 17.5. The number of hydrogen-bond donors (Lipinski definition) is 2. The first-order chi connectivity index (χ1) is 13.8. The van der Waals surface area contributed by atoms with E-state index in [-0.39, 0.29) is 18.0 Å². The summed E-state index contributed by atoms with van der Waals surface area (Å²) in [7, 11) is 1.20. The number of methoxy groups -OCH3 is 1. The smallest absolute Gasteiger partial charge is 0.420 e. The van der Waals surface area contributed by atoms with Gasteiger partial charge in [0.2, 0.25) is 5.82 Å². The van der Waals surface area contributed by atoms with Crippen molar-refractivity contribution in [3.63, 3.8) is 0 Å². The lowest BCUT2D eigenvalue weighted by Crippen LogP contribution is -2.09. The molecule has 2 aromatic carbocycles. The maximum absolute atomic E-state index is 13.2. The van der Waals surface area contributed by atoms with Crippen LogP contribution in [-0.2, 0) is 12.7 Å². The van der Waals surface area contributed by atoms with Gasteiger partial charge in [-0.1, -0.05) is 11.6 Å². The van der Waals surface area contributed by atoms with Gasteiger partial charge in [0, 0.05) is 28.7 Å². The summed E-state index contributed by atoms with van der Waals surface area (Å²) in [6.07, 6.45) is -4.53. The van der Waals surface area contributed by atoms with Gasteiger partial charge in [0.25, 0.3) is 0 Å². The average Bonchev–Trinajstić information content (AvgIpc) is 3.34. The van der Waals surface area contributed by atoms with Gasteiger partial charge in [-0.15, -0.1) is 5.10 Å². The number of halogens is 4. The van der Waals surface area contributed by atoms with Crippen LogP contribution in [0.3, 0.4) is 0 Å². The third kappa shape index (κ3) is 3.83. The molecule has 0 aliphatic carbocycles. The van der Waals surface area contributed by atoms with Crippen LogP contribution in [0.4, 0.5) is 18.9 Å². The molecule has 29 heavy (non-hydrogen) atoms. The Morgan fingerprint density at radius 3 is 2.72 bits per heavy atom.